The fourth-order valence-electron chi connectivity index (χ4n) is 2.14. The smallest absolute Gasteiger partial charge is 0.120 e. The van der Waals surface area contributed by atoms with Crippen LogP contribution >= 0.6 is 11.6 Å². The van der Waals surface area contributed by atoms with Crippen LogP contribution in [0.5, 0.6) is 5.75 Å². The van der Waals surface area contributed by atoms with Crippen LogP contribution in [0.2, 0.25) is 5.02 Å². The first kappa shape index (κ1) is 13.9. The molecule has 0 aliphatic carbocycles. The third-order valence-electron chi connectivity index (χ3n) is 3.15. The summed E-state index contributed by atoms with van der Waals surface area (Å²) in [5.74, 6) is 0.747. The molecule has 100 valence electrons. The zero-order valence-corrected chi connectivity index (χ0v) is 11.9. The lowest BCUT2D eigenvalue weighted by atomic mass is 9.98. The van der Waals surface area contributed by atoms with E-state index in [0.29, 0.717) is 5.02 Å². The first-order valence-corrected chi connectivity index (χ1v) is 6.62. The molecule has 1 unspecified atom stereocenters. The summed E-state index contributed by atoms with van der Waals surface area (Å²) in [4.78, 5) is 0. The number of hydrogen-bond acceptors (Lipinski definition) is 2. The van der Waals surface area contributed by atoms with Gasteiger partial charge in [0.15, 0.2) is 0 Å². The monoisotopic (exact) mass is 275 g/mol. The van der Waals surface area contributed by atoms with E-state index in [9.17, 15) is 0 Å². The summed E-state index contributed by atoms with van der Waals surface area (Å²) in [6, 6.07) is 13.9. The van der Waals surface area contributed by atoms with Gasteiger partial charge in [0.25, 0.3) is 0 Å². The van der Waals surface area contributed by atoms with E-state index < -0.39 is 0 Å². The molecule has 2 N–H and O–H groups in total. The number of aryl methyl sites for hydroxylation is 1. The molecule has 0 heterocycles. The highest BCUT2D eigenvalue weighted by molar-refractivity contribution is 6.31. The van der Waals surface area contributed by atoms with Gasteiger partial charge in [-0.3, -0.25) is 0 Å². The molecule has 0 amide bonds. The highest BCUT2D eigenvalue weighted by atomic mass is 35.5. The van der Waals surface area contributed by atoms with Crippen LogP contribution in [-0.2, 0) is 6.42 Å². The molecule has 0 fully saturated rings. The largest absolute Gasteiger partial charge is 0.497 e. The minimum Gasteiger partial charge on any atom is -0.497 e. The summed E-state index contributed by atoms with van der Waals surface area (Å²) in [5.41, 5.74) is 9.66. The predicted octanol–water partition coefficient (Wildman–Crippen LogP) is 3.90. The maximum Gasteiger partial charge on any atom is 0.120 e. The molecule has 2 rings (SSSR count). The summed E-state index contributed by atoms with van der Waals surface area (Å²) in [6.45, 7) is 2.08. The van der Waals surface area contributed by atoms with Crippen molar-refractivity contribution in [2.45, 2.75) is 19.4 Å². The lowest BCUT2D eigenvalue weighted by Crippen LogP contribution is -2.14. The normalized spacial score (nSPS) is 12.2. The second-order valence-electron chi connectivity index (χ2n) is 4.69. The van der Waals surface area contributed by atoms with Crippen molar-refractivity contribution in [2.24, 2.45) is 5.73 Å². The van der Waals surface area contributed by atoms with Gasteiger partial charge < -0.3 is 10.5 Å². The van der Waals surface area contributed by atoms with Gasteiger partial charge in [-0.2, -0.15) is 0 Å². The highest BCUT2D eigenvalue weighted by Gasteiger charge is 2.12. The Bertz CT molecular complexity index is 568. The number of hydrogen-bond donors (Lipinski definition) is 1. The van der Waals surface area contributed by atoms with Crippen molar-refractivity contribution in [3.8, 4) is 5.75 Å². The molecule has 0 spiro atoms. The van der Waals surface area contributed by atoms with Crippen LogP contribution in [-0.4, -0.2) is 7.11 Å². The van der Waals surface area contributed by atoms with Crippen molar-refractivity contribution < 1.29 is 4.74 Å². The molecule has 0 aliphatic heterocycles. The van der Waals surface area contributed by atoms with Gasteiger partial charge in [-0.1, -0.05) is 47.5 Å². The van der Waals surface area contributed by atoms with Crippen LogP contribution in [0.15, 0.2) is 42.5 Å². The Balaban J connectivity index is 2.18. The van der Waals surface area contributed by atoms with Crippen LogP contribution < -0.4 is 10.5 Å². The van der Waals surface area contributed by atoms with E-state index in [-0.39, 0.29) is 6.04 Å². The second kappa shape index (κ2) is 6.09. The Hall–Kier alpha value is -1.51. The molecule has 2 nitrogen and oxygen atoms in total. The van der Waals surface area contributed by atoms with E-state index >= 15 is 0 Å². The van der Waals surface area contributed by atoms with E-state index in [1.807, 2.05) is 18.2 Å². The molecule has 3 heteroatoms. The van der Waals surface area contributed by atoms with E-state index in [4.69, 9.17) is 22.1 Å². The Kier molecular flexibility index (Phi) is 4.46. The van der Waals surface area contributed by atoms with Crippen LogP contribution in [0, 0.1) is 6.92 Å². The Morgan fingerprint density at radius 3 is 2.63 bits per heavy atom. The second-order valence-corrected chi connectivity index (χ2v) is 5.09. The minimum atomic E-state index is -0.111. The molecular formula is C16H18ClNO. The van der Waals surface area contributed by atoms with Gasteiger partial charge in [0.1, 0.15) is 5.75 Å². The molecule has 0 bridgehead atoms. The molecule has 0 radical (unpaired) electrons. The number of nitrogens with two attached hydrogens (primary N) is 1. The van der Waals surface area contributed by atoms with Gasteiger partial charge in [-0.15, -0.1) is 0 Å². The van der Waals surface area contributed by atoms with Crippen LogP contribution in [0.3, 0.4) is 0 Å². The number of benzene rings is 2. The lowest BCUT2D eigenvalue weighted by Gasteiger charge is -2.15. The molecule has 2 aromatic rings. The van der Waals surface area contributed by atoms with Crippen molar-refractivity contribution in [1.82, 2.24) is 0 Å². The van der Waals surface area contributed by atoms with Crippen LogP contribution in [0.25, 0.3) is 0 Å². The van der Waals surface area contributed by atoms with Crippen molar-refractivity contribution in [2.75, 3.05) is 7.11 Å². The summed E-state index contributed by atoms with van der Waals surface area (Å²) >= 11 is 6.24. The van der Waals surface area contributed by atoms with Crippen molar-refractivity contribution in [3.05, 3.63) is 64.2 Å². The number of halogens is 1. The van der Waals surface area contributed by atoms with Gasteiger partial charge in [0.05, 0.1) is 7.11 Å². The highest BCUT2D eigenvalue weighted by Crippen LogP contribution is 2.28. The van der Waals surface area contributed by atoms with Gasteiger partial charge in [0.2, 0.25) is 0 Å². The summed E-state index contributed by atoms with van der Waals surface area (Å²) < 4.78 is 5.14. The SMILES string of the molecule is COc1ccc(C(N)Cc2cccc(C)c2)c(Cl)c1. The van der Waals surface area contributed by atoms with E-state index in [2.05, 4.69) is 25.1 Å². The van der Waals surface area contributed by atoms with Gasteiger partial charge in [-0.25, -0.2) is 0 Å². The number of ether oxygens (including phenoxy) is 1. The molecule has 2 aromatic carbocycles. The lowest BCUT2D eigenvalue weighted by molar-refractivity contribution is 0.414. The maximum atomic E-state index is 6.24. The average molecular weight is 276 g/mol. The van der Waals surface area contributed by atoms with Gasteiger partial charge in [-0.05, 0) is 36.6 Å². The Morgan fingerprint density at radius 1 is 1.21 bits per heavy atom. The fourth-order valence-corrected chi connectivity index (χ4v) is 2.45. The maximum absolute atomic E-state index is 6.24. The van der Waals surface area contributed by atoms with Crippen molar-refractivity contribution in [3.63, 3.8) is 0 Å². The zero-order chi connectivity index (χ0) is 13.8. The Morgan fingerprint density at radius 2 is 2.00 bits per heavy atom. The molecular weight excluding hydrogens is 258 g/mol. The molecule has 0 saturated carbocycles. The van der Waals surface area contributed by atoms with Gasteiger partial charge >= 0.3 is 0 Å². The number of rotatable bonds is 4. The van der Waals surface area contributed by atoms with Crippen molar-refractivity contribution >= 4 is 11.6 Å². The molecule has 0 saturated heterocycles. The van der Waals surface area contributed by atoms with Crippen molar-refractivity contribution in [1.29, 1.82) is 0 Å². The summed E-state index contributed by atoms with van der Waals surface area (Å²) in [5, 5.41) is 0.652. The third-order valence-corrected chi connectivity index (χ3v) is 3.47. The Labute approximate surface area is 119 Å². The topological polar surface area (TPSA) is 35.2 Å². The average Bonchev–Trinajstić information content (AvgIpc) is 2.38. The fraction of sp³-hybridized carbons (Fsp3) is 0.250. The van der Waals surface area contributed by atoms with E-state index in [1.165, 1.54) is 11.1 Å². The molecule has 1 atom stereocenters. The molecule has 0 aliphatic rings. The molecule has 19 heavy (non-hydrogen) atoms. The zero-order valence-electron chi connectivity index (χ0n) is 11.2. The van der Waals surface area contributed by atoms with Gasteiger partial charge in [0, 0.05) is 11.1 Å². The molecule has 0 aromatic heterocycles. The predicted molar refractivity (Wildman–Crippen MR) is 79.8 cm³/mol. The number of methoxy groups -OCH3 is 1. The third kappa shape index (κ3) is 3.49. The quantitative estimate of drug-likeness (QED) is 0.918. The van der Waals surface area contributed by atoms with E-state index in [0.717, 1.165) is 17.7 Å². The first-order valence-electron chi connectivity index (χ1n) is 6.24. The first-order chi connectivity index (χ1) is 9.10. The summed E-state index contributed by atoms with van der Waals surface area (Å²) in [7, 11) is 1.62. The van der Waals surface area contributed by atoms with Crippen LogP contribution in [0.4, 0.5) is 0 Å². The minimum absolute atomic E-state index is 0.111. The van der Waals surface area contributed by atoms with E-state index in [1.54, 1.807) is 13.2 Å². The standard InChI is InChI=1S/C16H18ClNO/c1-11-4-3-5-12(8-11)9-16(18)14-7-6-13(19-2)10-15(14)17/h3-8,10,16H,9,18H2,1-2H3. The van der Waals surface area contributed by atoms with Crippen LogP contribution in [0.1, 0.15) is 22.7 Å². The summed E-state index contributed by atoms with van der Waals surface area (Å²) in [6.07, 6.45) is 0.772.